The second-order valence-corrected chi connectivity index (χ2v) is 8.43. The third-order valence-electron chi connectivity index (χ3n) is 4.41. The summed E-state index contributed by atoms with van der Waals surface area (Å²) in [7, 11) is 0. The van der Waals surface area contributed by atoms with Crippen LogP contribution in [0.25, 0.3) is 5.69 Å². The van der Waals surface area contributed by atoms with Crippen LogP contribution < -0.4 is 5.32 Å². The van der Waals surface area contributed by atoms with E-state index in [0.29, 0.717) is 21.4 Å². The number of halogens is 2. The highest BCUT2D eigenvalue weighted by atomic mass is 35.5. The van der Waals surface area contributed by atoms with Crippen LogP contribution >= 0.6 is 35.0 Å². The minimum atomic E-state index is -0.276. The molecule has 0 spiro atoms. The van der Waals surface area contributed by atoms with Crippen molar-refractivity contribution in [3.8, 4) is 5.69 Å². The van der Waals surface area contributed by atoms with E-state index in [1.54, 1.807) is 30.0 Å². The Balaban J connectivity index is 1.77. The van der Waals surface area contributed by atoms with Gasteiger partial charge in [0.05, 0.1) is 22.0 Å². The van der Waals surface area contributed by atoms with Crippen molar-refractivity contribution in [2.24, 2.45) is 0 Å². The molecule has 0 aliphatic carbocycles. The summed E-state index contributed by atoms with van der Waals surface area (Å²) < 4.78 is 1.83. The fraction of sp³-hybridized carbons (Fsp3) is 0.200. The number of aryl methyl sites for hydroxylation is 2. The third kappa shape index (κ3) is 3.59. The summed E-state index contributed by atoms with van der Waals surface area (Å²) in [6.07, 6.45) is 0. The molecule has 3 aromatic rings. The molecule has 1 aliphatic heterocycles. The highest BCUT2D eigenvalue weighted by molar-refractivity contribution is 7.98. The summed E-state index contributed by atoms with van der Waals surface area (Å²) >= 11 is 13.9. The minimum absolute atomic E-state index is 0.276. The first kappa shape index (κ1) is 18.4. The van der Waals surface area contributed by atoms with Crippen molar-refractivity contribution in [3.63, 3.8) is 0 Å². The Morgan fingerprint density at radius 2 is 1.85 bits per heavy atom. The first-order chi connectivity index (χ1) is 12.9. The van der Waals surface area contributed by atoms with Gasteiger partial charge in [-0.2, -0.15) is 16.9 Å². The van der Waals surface area contributed by atoms with E-state index in [9.17, 15) is 4.79 Å². The number of carbonyl (C=O) groups is 1. The quantitative estimate of drug-likeness (QED) is 0.585. The van der Waals surface area contributed by atoms with E-state index in [2.05, 4.69) is 37.4 Å². The molecular formula is C20H17Cl2N3OS. The maximum absolute atomic E-state index is 12.9. The van der Waals surface area contributed by atoms with Gasteiger partial charge in [-0.15, -0.1) is 0 Å². The topological polar surface area (TPSA) is 46.9 Å². The second-order valence-electron chi connectivity index (χ2n) is 6.60. The lowest BCUT2D eigenvalue weighted by molar-refractivity contribution is 0.102. The molecule has 1 aromatic heterocycles. The maximum atomic E-state index is 12.9. The molecule has 0 unspecified atom stereocenters. The van der Waals surface area contributed by atoms with E-state index in [1.807, 2.05) is 4.68 Å². The summed E-state index contributed by atoms with van der Waals surface area (Å²) in [4.78, 5) is 12.9. The van der Waals surface area contributed by atoms with E-state index < -0.39 is 0 Å². The lowest BCUT2D eigenvalue weighted by Crippen LogP contribution is -2.16. The Hall–Kier alpha value is -1.95. The molecule has 4 nitrogen and oxygen atoms in total. The molecule has 0 fully saturated rings. The molecule has 0 bridgehead atoms. The van der Waals surface area contributed by atoms with E-state index in [4.69, 9.17) is 28.3 Å². The Kier molecular flexibility index (Phi) is 4.93. The van der Waals surface area contributed by atoms with Gasteiger partial charge in [-0.3, -0.25) is 4.79 Å². The number of hydrogen-bond acceptors (Lipinski definition) is 3. The molecule has 2 heterocycles. The monoisotopic (exact) mass is 417 g/mol. The predicted molar refractivity (Wildman–Crippen MR) is 112 cm³/mol. The SMILES string of the molecule is Cc1cc(C)cc(-n2nc3c(c2NC(=O)c2ccc(Cl)cc2Cl)CSC3)c1. The van der Waals surface area contributed by atoms with Crippen LogP contribution in [0.4, 0.5) is 5.82 Å². The van der Waals surface area contributed by atoms with Gasteiger partial charge in [0, 0.05) is 22.1 Å². The summed E-state index contributed by atoms with van der Waals surface area (Å²) in [5.41, 5.74) is 5.69. The van der Waals surface area contributed by atoms with Crippen LogP contribution in [-0.4, -0.2) is 15.7 Å². The molecule has 0 atom stereocenters. The maximum Gasteiger partial charge on any atom is 0.258 e. The van der Waals surface area contributed by atoms with Crippen molar-refractivity contribution in [1.82, 2.24) is 9.78 Å². The van der Waals surface area contributed by atoms with Crippen LogP contribution in [0.3, 0.4) is 0 Å². The standard InChI is InChI=1S/C20H17Cl2N3OS/c1-11-5-12(2)7-14(6-11)25-19(16-9-27-10-18(16)24-25)23-20(26)15-4-3-13(21)8-17(15)22/h3-8H,9-10H2,1-2H3,(H,23,26). The molecule has 1 amide bonds. The van der Waals surface area contributed by atoms with Gasteiger partial charge in [0.1, 0.15) is 5.82 Å². The zero-order valence-corrected chi connectivity index (χ0v) is 17.2. The van der Waals surface area contributed by atoms with E-state index in [-0.39, 0.29) is 5.91 Å². The van der Waals surface area contributed by atoms with Gasteiger partial charge >= 0.3 is 0 Å². The highest BCUT2D eigenvalue weighted by Gasteiger charge is 2.25. The van der Waals surface area contributed by atoms with Gasteiger partial charge in [0.25, 0.3) is 5.91 Å². The van der Waals surface area contributed by atoms with Gasteiger partial charge in [0.2, 0.25) is 0 Å². The van der Waals surface area contributed by atoms with Gasteiger partial charge in [0.15, 0.2) is 0 Å². The lowest BCUT2D eigenvalue weighted by Gasteiger charge is -2.13. The van der Waals surface area contributed by atoms with Gasteiger partial charge in [-0.25, -0.2) is 4.68 Å². The molecule has 0 saturated heterocycles. The number of nitrogens with one attached hydrogen (secondary N) is 1. The number of benzene rings is 2. The van der Waals surface area contributed by atoms with Crippen LogP contribution in [0.2, 0.25) is 10.0 Å². The molecule has 0 radical (unpaired) electrons. The number of anilines is 1. The Morgan fingerprint density at radius 1 is 1.11 bits per heavy atom. The molecule has 138 valence electrons. The van der Waals surface area contributed by atoms with Crippen LogP contribution in [0, 0.1) is 13.8 Å². The number of aromatic nitrogens is 2. The summed E-state index contributed by atoms with van der Waals surface area (Å²) in [6, 6.07) is 11.1. The van der Waals surface area contributed by atoms with Crippen molar-refractivity contribution in [1.29, 1.82) is 0 Å². The number of nitrogens with zero attached hydrogens (tertiary/aromatic N) is 2. The molecule has 1 aliphatic rings. The molecule has 1 N–H and O–H groups in total. The molecule has 27 heavy (non-hydrogen) atoms. The molecule has 4 rings (SSSR count). The van der Waals surface area contributed by atoms with Crippen molar-refractivity contribution >= 4 is 46.7 Å². The Bertz CT molecular complexity index is 1040. The Morgan fingerprint density at radius 3 is 2.56 bits per heavy atom. The van der Waals surface area contributed by atoms with Crippen LogP contribution in [0.1, 0.15) is 32.7 Å². The van der Waals surface area contributed by atoms with Gasteiger partial charge < -0.3 is 5.32 Å². The van der Waals surface area contributed by atoms with Crippen molar-refractivity contribution < 1.29 is 4.79 Å². The van der Waals surface area contributed by atoms with Crippen LogP contribution in [0.5, 0.6) is 0 Å². The van der Waals surface area contributed by atoms with Crippen LogP contribution in [0.15, 0.2) is 36.4 Å². The average Bonchev–Trinajstić information content (AvgIpc) is 3.16. The second kappa shape index (κ2) is 7.23. The normalized spacial score (nSPS) is 12.9. The zero-order valence-electron chi connectivity index (χ0n) is 14.8. The van der Waals surface area contributed by atoms with E-state index in [1.165, 1.54) is 0 Å². The third-order valence-corrected chi connectivity index (χ3v) is 5.93. The van der Waals surface area contributed by atoms with Crippen molar-refractivity contribution in [2.75, 3.05) is 5.32 Å². The van der Waals surface area contributed by atoms with Gasteiger partial charge in [-0.1, -0.05) is 29.3 Å². The molecule has 0 saturated carbocycles. The zero-order chi connectivity index (χ0) is 19.1. The number of hydrogen-bond donors (Lipinski definition) is 1. The number of rotatable bonds is 3. The van der Waals surface area contributed by atoms with E-state index in [0.717, 1.165) is 39.6 Å². The molecule has 7 heteroatoms. The minimum Gasteiger partial charge on any atom is -0.306 e. The van der Waals surface area contributed by atoms with Gasteiger partial charge in [-0.05, 0) is 55.3 Å². The fourth-order valence-corrected chi connectivity index (χ4v) is 4.78. The number of carbonyl (C=O) groups excluding carboxylic acids is 1. The predicted octanol–water partition coefficient (Wildman–Crippen LogP) is 5.80. The average molecular weight is 418 g/mol. The fourth-order valence-electron chi connectivity index (χ4n) is 3.25. The number of amides is 1. The number of fused-ring (bicyclic) bond motifs is 1. The highest BCUT2D eigenvalue weighted by Crippen LogP contribution is 2.36. The summed E-state index contributed by atoms with van der Waals surface area (Å²) in [5.74, 6) is 2.10. The smallest absolute Gasteiger partial charge is 0.258 e. The summed E-state index contributed by atoms with van der Waals surface area (Å²) in [6.45, 7) is 4.10. The van der Waals surface area contributed by atoms with E-state index >= 15 is 0 Å². The largest absolute Gasteiger partial charge is 0.306 e. The van der Waals surface area contributed by atoms with Crippen molar-refractivity contribution in [2.45, 2.75) is 25.4 Å². The first-order valence-corrected chi connectivity index (χ1v) is 10.4. The molecular weight excluding hydrogens is 401 g/mol. The first-order valence-electron chi connectivity index (χ1n) is 8.46. The molecule has 2 aromatic carbocycles. The summed E-state index contributed by atoms with van der Waals surface area (Å²) in [5, 5.41) is 8.60. The van der Waals surface area contributed by atoms with Crippen LogP contribution in [-0.2, 0) is 11.5 Å². The number of thioether (sulfide) groups is 1. The lowest BCUT2D eigenvalue weighted by atomic mass is 10.1. The Labute approximate surface area is 171 Å². The van der Waals surface area contributed by atoms with Crippen molar-refractivity contribution in [3.05, 3.63) is 74.4 Å².